The lowest BCUT2D eigenvalue weighted by molar-refractivity contribution is 0.100. The summed E-state index contributed by atoms with van der Waals surface area (Å²) in [7, 11) is 0. The molecule has 0 aliphatic carbocycles. The molecule has 1 amide bonds. The number of carbonyl (C=O) groups is 1. The Hall–Kier alpha value is -1.99. The van der Waals surface area contributed by atoms with E-state index >= 15 is 0 Å². The highest BCUT2D eigenvalue weighted by Gasteiger charge is 2.18. The number of rotatable bonds is 5. The van der Waals surface area contributed by atoms with Gasteiger partial charge in [-0.15, -0.1) is 0 Å². The number of hydrogen-bond acceptors (Lipinski definition) is 4. The van der Waals surface area contributed by atoms with Gasteiger partial charge in [-0.1, -0.05) is 11.3 Å². The zero-order chi connectivity index (χ0) is 17.4. The number of thiazole rings is 1. The number of nitrogens with two attached hydrogens (primary N) is 1. The standard InChI is InChI=1S/C18H21FN4OS/c19-13-5-8-22(9-6-13)7-1-2-14-11-23-15-4-3-12(17(20)24)10-16(15)25-18(23)21-14/h3-4,10-11,13H,1-2,5-9H2,(H2,20,24). The van der Waals surface area contributed by atoms with Crippen LogP contribution in [-0.4, -0.2) is 46.0 Å². The first-order valence-corrected chi connectivity index (χ1v) is 9.48. The third-order valence-corrected chi connectivity index (χ3v) is 5.87. The number of halogens is 1. The second-order valence-corrected chi connectivity index (χ2v) is 7.66. The molecule has 132 valence electrons. The number of aromatic nitrogens is 2. The van der Waals surface area contributed by atoms with E-state index in [0.717, 1.165) is 53.3 Å². The molecule has 1 aliphatic heterocycles. The van der Waals surface area contributed by atoms with Crippen LogP contribution in [0, 0.1) is 0 Å². The first kappa shape index (κ1) is 16.5. The molecule has 1 aromatic carbocycles. The molecule has 3 heterocycles. The Morgan fingerprint density at radius 3 is 2.92 bits per heavy atom. The summed E-state index contributed by atoms with van der Waals surface area (Å²) in [4.78, 5) is 19.3. The van der Waals surface area contributed by atoms with E-state index in [0.29, 0.717) is 18.4 Å². The number of piperidine rings is 1. The smallest absolute Gasteiger partial charge is 0.248 e. The van der Waals surface area contributed by atoms with Gasteiger partial charge in [0.25, 0.3) is 0 Å². The van der Waals surface area contributed by atoms with Crippen molar-refractivity contribution in [2.24, 2.45) is 5.73 Å². The van der Waals surface area contributed by atoms with Crippen LogP contribution in [-0.2, 0) is 6.42 Å². The van der Waals surface area contributed by atoms with Gasteiger partial charge in [0, 0.05) is 24.8 Å². The van der Waals surface area contributed by atoms with Crippen LogP contribution >= 0.6 is 11.3 Å². The summed E-state index contributed by atoms with van der Waals surface area (Å²) in [6.07, 6.45) is 4.75. The van der Waals surface area contributed by atoms with Crippen LogP contribution in [0.2, 0.25) is 0 Å². The third-order valence-electron chi connectivity index (χ3n) is 4.85. The Kier molecular flexibility index (Phi) is 4.43. The van der Waals surface area contributed by atoms with Crippen molar-refractivity contribution >= 4 is 32.4 Å². The van der Waals surface area contributed by atoms with E-state index in [4.69, 9.17) is 10.7 Å². The molecule has 2 aromatic heterocycles. The zero-order valence-corrected chi connectivity index (χ0v) is 14.8. The summed E-state index contributed by atoms with van der Waals surface area (Å²) in [5, 5.41) is 0. The SMILES string of the molecule is NC(=O)c1ccc2c(c1)sc1nc(CCCN3CCC(F)CC3)cn12. The number of aryl methyl sites for hydroxylation is 1. The van der Waals surface area contributed by atoms with Crippen molar-refractivity contribution in [2.75, 3.05) is 19.6 Å². The maximum atomic E-state index is 13.2. The molecule has 1 fully saturated rings. The van der Waals surface area contributed by atoms with Crippen LogP contribution in [0.15, 0.2) is 24.4 Å². The number of nitrogens with zero attached hydrogens (tertiary/aromatic N) is 3. The molecule has 0 bridgehead atoms. The van der Waals surface area contributed by atoms with E-state index in [1.165, 1.54) is 0 Å². The normalized spacial score (nSPS) is 16.8. The predicted octanol–water partition coefficient (Wildman–Crippen LogP) is 3.01. The van der Waals surface area contributed by atoms with Crippen molar-refractivity contribution in [3.8, 4) is 0 Å². The van der Waals surface area contributed by atoms with Crippen LogP contribution in [0.5, 0.6) is 0 Å². The molecule has 0 unspecified atom stereocenters. The Bertz CT molecular complexity index is 910. The number of likely N-dealkylation sites (tertiary alicyclic amines) is 1. The second-order valence-electron chi connectivity index (χ2n) is 6.65. The van der Waals surface area contributed by atoms with Gasteiger partial charge < -0.3 is 10.6 Å². The third kappa shape index (κ3) is 3.39. The molecule has 3 aromatic rings. The van der Waals surface area contributed by atoms with Crippen molar-refractivity contribution < 1.29 is 9.18 Å². The lowest BCUT2D eigenvalue weighted by Gasteiger charge is -2.28. The number of imidazole rings is 1. The van der Waals surface area contributed by atoms with Crippen LogP contribution < -0.4 is 5.73 Å². The Labute approximate surface area is 149 Å². The number of alkyl halides is 1. The topological polar surface area (TPSA) is 63.6 Å². The summed E-state index contributed by atoms with van der Waals surface area (Å²) >= 11 is 1.57. The van der Waals surface area contributed by atoms with Crippen LogP contribution in [0.25, 0.3) is 15.2 Å². The maximum absolute atomic E-state index is 13.2. The van der Waals surface area contributed by atoms with Crippen LogP contribution in [0.1, 0.15) is 35.3 Å². The number of benzene rings is 1. The van der Waals surface area contributed by atoms with Gasteiger partial charge in [-0.05, 0) is 50.4 Å². The van der Waals surface area contributed by atoms with E-state index in [1.807, 2.05) is 12.1 Å². The predicted molar refractivity (Wildman–Crippen MR) is 98.0 cm³/mol. The molecular weight excluding hydrogens is 339 g/mol. The molecule has 25 heavy (non-hydrogen) atoms. The highest BCUT2D eigenvalue weighted by atomic mass is 32.1. The minimum Gasteiger partial charge on any atom is -0.366 e. The van der Waals surface area contributed by atoms with Gasteiger partial charge in [-0.2, -0.15) is 0 Å². The first-order valence-electron chi connectivity index (χ1n) is 8.67. The fourth-order valence-corrected chi connectivity index (χ4v) is 4.50. The minimum absolute atomic E-state index is 0.412. The Morgan fingerprint density at radius 2 is 2.16 bits per heavy atom. The van der Waals surface area contributed by atoms with Crippen LogP contribution in [0.4, 0.5) is 4.39 Å². The lowest BCUT2D eigenvalue weighted by atomic mass is 10.1. The van der Waals surface area contributed by atoms with Gasteiger partial charge in [0.2, 0.25) is 5.91 Å². The highest BCUT2D eigenvalue weighted by molar-refractivity contribution is 7.23. The van der Waals surface area contributed by atoms with Crippen molar-refractivity contribution in [1.29, 1.82) is 0 Å². The number of fused-ring (bicyclic) bond motifs is 3. The van der Waals surface area contributed by atoms with E-state index in [2.05, 4.69) is 15.5 Å². The van der Waals surface area contributed by atoms with Crippen molar-refractivity contribution in [1.82, 2.24) is 14.3 Å². The number of primary amides is 1. The molecule has 1 aliphatic rings. The van der Waals surface area contributed by atoms with Gasteiger partial charge in [0.15, 0.2) is 4.96 Å². The van der Waals surface area contributed by atoms with Gasteiger partial charge in [0.05, 0.1) is 15.9 Å². The van der Waals surface area contributed by atoms with Gasteiger partial charge in [-0.3, -0.25) is 9.20 Å². The molecule has 0 spiro atoms. The number of hydrogen-bond donors (Lipinski definition) is 1. The lowest BCUT2D eigenvalue weighted by Crippen LogP contribution is -2.35. The summed E-state index contributed by atoms with van der Waals surface area (Å²) < 4.78 is 16.3. The Morgan fingerprint density at radius 1 is 1.36 bits per heavy atom. The second kappa shape index (κ2) is 6.72. The van der Waals surface area contributed by atoms with Crippen molar-refractivity contribution in [3.05, 3.63) is 35.7 Å². The fourth-order valence-electron chi connectivity index (χ4n) is 3.43. The molecule has 5 nitrogen and oxygen atoms in total. The van der Waals surface area contributed by atoms with Crippen LogP contribution in [0.3, 0.4) is 0 Å². The van der Waals surface area contributed by atoms with Crippen molar-refractivity contribution in [2.45, 2.75) is 31.9 Å². The fraction of sp³-hybridized carbons (Fsp3) is 0.444. The van der Waals surface area contributed by atoms with E-state index in [9.17, 15) is 9.18 Å². The van der Waals surface area contributed by atoms with Gasteiger partial charge in [0.1, 0.15) is 6.17 Å². The average Bonchev–Trinajstić information content (AvgIpc) is 3.13. The first-order chi connectivity index (χ1) is 12.1. The number of carbonyl (C=O) groups excluding carboxylic acids is 1. The minimum atomic E-state index is -0.612. The summed E-state index contributed by atoms with van der Waals surface area (Å²) in [6.45, 7) is 2.74. The maximum Gasteiger partial charge on any atom is 0.248 e. The van der Waals surface area contributed by atoms with E-state index < -0.39 is 12.1 Å². The molecule has 2 N–H and O–H groups in total. The molecule has 0 atom stereocenters. The Balaban J connectivity index is 1.43. The zero-order valence-electron chi connectivity index (χ0n) is 13.9. The average molecular weight is 360 g/mol. The molecular formula is C18H21FN4OS. The van der Waals surface area contributed by atoms with E-state index in [-0.39, 0.29) is 0 Å². The quantitative estimate of drug-likeness (QED) is 0.761. The monoisotopic (exact) mass is 360 g/mol. The molecule has 0 saturated carbocycles. The van der Waals surface area contributed by atoms with Crippen molar-refractivity contribution in [3.63, 3.8) is 0 Å². The van der Waals surface area contributed by atoms with E-state index in [1.54, 1.807) is 17.4 Å². The highest BCUT2D eigenvalue weighted by Crippen LogP contribution is 2.27. The molecule has 4 rings (SSSR count). The molecule has 0 radical (unpaired) electrons. The summed E-state index contributed by atoms with van der Waals surface area (Å²) in [5.74, 6) is -0.412. The summed E-state index contributed by atoms with van der Waals surface area (Å²) in [5.41, 5.74) is 7.99. The molecule has 1 saturated heterocycles. The van der Waals surface area contributed by atoms with Gasteiger partial charge >= 0.3 is 0 Å². The number of amides is 1. The van der Waals surface area contributed by atoms with Gasteiger partial charge in [-0.25, -0.2) is 9.37 Å². The summed E-state index contributed by atoms with van der Waals surface area (Å²) in [6, 6.07) is 5.50. The molecule has 7 heteroatoms. The largest absolute Gasteiger partial charge is 0.366 e.